The second-order valence-corrected chi connectivity index (χ2v) is 21.5. The highest BCUT2D eigenvalue weighted by Gasteiger charge is 2.64. The van der Waals surface area contributed by atoms with E-state index in [2.05, 4.69) is 38.0 Å². The van der Waals surface area contributed by atoms with Gasteiger partial charge in [0.2, 0.25) is 12.0 Å². The van der Waals surface area contributed by atoms with Crippen LogP contribution in [0.3, 0.4) is 0 Å². The van der Waals surface area contributed by atoms with Gasteiger partial charge in [-0.25, -0.2) is 4.79 Å². The van der Waals surface area contributed by atoms with Crippen molar-refractivity contribution in [3.05, 3.63) is 40.4 Å². The van der Waals surface area contributed by atoms with E-state index in [0.717, 1.165) is 6.20 Å². The topological polar surface area (TPSA) is 129 Å². The molecule has 1 aromatic heterocycles. The summed E-state index contributed by atoms with van der Waals surface area (Å²) in [5.41, 5.74) is -0.737. The molecule has 0 aliphatic carbocycles. The average molecular weight is 716 g/mol. The smallest absolute Gasteiger partial charge is 0.351 e. The van der Waals surface area contributed by atoms with Crippen molar-refractivity contribution in [1.82, 2.24) is 9.55 Å². The van der Waals surface area contributed by atoms with Crippen molar-refractivity contribution >= 4 is 29.3 Å². The van der Waals surface area contributed by atoms with Crippen molar-refractivity contribution in [2.24, 2.45) is 0 Å². The summed E-state index contributed by atoms with van der Waals surface area (Å²) in [6, 6.07) is 4.10. The number of anilines is 1. The molecule has 270 valence electrons. The van der Waals surface area contributed by atoms with E-state index in [1.807, 2.05) is 27.7 Å². The molecule has 3 rings (SSSR count). The molecule has 0 bridgehead atoms. The van der Waals surface area contributed by atoms with Gasteiger partial charge in [0.05, 0.1) is 27.9 Å². The Bertz CT molecular complexity index is 1420. The van der Waals surface area contributed by atoms with Gasteiger partial charge in [-0.1, -0.05) is 55.4 Å². The highest BCUT2D eigenvalue weighted by atomic mass is 28.4. The Hall–Kier alpha value is -2.90. The fraction of sp³-hybridized carbons (Fsp3) is 0.656. The van der Waals surface area contributed by atoms with E-state index in [0.29, 0.717) is 10.3 Å². The van der Waals surface area contributed by atoms with Crippen molar-refractivity contribution in [2.75, 3.05) is 40.4 Å². The molecule has 48 heavy (non-hydrogen) atoms. The minimum atomic E-state index is -3.67. The summed E-state index contributed by atoms with van der Waals surface area (Å²) >= 11 is 0. The third-order valence-corrected chi connectivity index (χ3v) is 16.3. The molecule has 1 aliphatic heterocycles. The number of hydrogen-bond acceptors (Lipinski definition) is 10. The fourth-order valence-corrected chi connectivity index (χ4v) is 12.7. The largest absolute Gasteiger partial charge is 0.493 e. The molecule has 1 saturated heterocycles. The van der Waals surface area contributed by atoms with Crippen LogP contribution >= 0.6 is 0 Å². The van der Waals surface area contributed by atoms with Gasteiger partial charge in [0, 0.05) is 18.9 Å². The number of carbonyl (C=O) groups is 1. The summed E-state index contributed by atoms with van der Waals surface area (Å²) in [5.74, 6) is -3.70. The molecule has 2 heterocycles. The monoisotopic (exact) mass is 715 g/mol. The number of hydrogen-bond donors (Lipinski definition) is 1. The van der Waals surface area contributed by atoms with Gasteiger partial charge in [0.25, 0.3) is 5.91 Å². The number of carbonyl (C=O) groups excluding carboxylic acids is 1. The van der Waals surface area contributed by atoms with Crippen molar-refractivity contribution in [2.45, 2.75) is 102 Å². The van der Waals surface area contributed by atoms with Crippen molar-refractivity contribution < 1.29 is 45.8 Å². The molecule has 0 saturated carbocycles. The molecular formula is C32H51F2N3O9Si2. The van der Waals surface area contributed by atoms with Gasteiger partial charge in [-0.3, -0.25) is 9.36 Å². The molecule has 3 atom stereocenters. The molecule has 1 fully saturated rings. The van der Waals surface area contributed by atoms with E-state index < -0.39 is 53.6 Å². The zero-order valence-corrected chi connectivity index (χ0v) is 32.1. The third kappa shape index (κ3) is 8.10. The lowest BCUT2D eigenvalue weighted by atomic mass is 10.1. The first kappa shape index (κ1) is 39.5. The van der Waals surface area contributed by atoms with Gasteiger partial charge in [-0.05, 0) is 40.4 Å². The Kier molecular flexibility index (Phi) is 13.4. The number of benzene rings is 1. The zero-order valence-electron chi connectivity index (χ0n) is 30.0. The molecule has 12 nitrogen and oxygen atoms in total. The lowest BCUT2D eigenvalue weighted by Crippen LogP contribution is -2.56. The Morgan fingerprint density at radius 2 is 1.56 bits per heavy atom. The predicted octanol–water partition coefficient (Wildman–Crippen LogP) is 5.91. The van der Waals surface area contributed by atoms with Crippen LogP contribution in [-0.4, -0.2) is 86.2 Å². The summed E-state index contributed by atoms with van der Waals surface area (Å²) in [6.45, 7) is 15.7. The quantitative estimate of drug-likeness (QED) is 0.210. The van der Waals surface area contributed by atoms with Crippen molar-refractivity contribution in [3.8, 4) is 17.2 Å². The maximum atomic E-state index is 16.5. The number of halogens is 2. The van der Waals surface area contributed by atoms with Gasteiger partial charge >= 0.3 is 20.2 Å². The first-order chi connectivity index (χ1) is 22.5. The van der Waals surface area contributed by atoms with E-state index in [9.17, 15) is 9.59 Å². The van der Waals surface area contributed by atoms with Crippen LogP contribution in [0.15, 0.2) is 29.2 Å². The summed E-state index contributed by atoms with van der Waals surface area (Å²) in [5, 5.41) is 2.52. The molecule has 0 unspecified atom stereocenters. The molecule has 2 aromatic rings. The number of ether oxygens (including phenoxy) is 4. The van der Waals surface area contributed by atoms with Crippen LogP contribution in [0.4, 0.5) is 14.6 Å². The molecule has 0 spiro atoms. The van der Waals surface area contributed by atoms with Crippen LogP contribution in [0.1, 0.15) is 72.0 Å². The summed E-state index contributed by atoms with van der Waals surface area (Å²) in [6.07, 6.45) is -3.87. The SMILES string of the molecule is COc1cc(C(=O)Nc2ccn([C@@H]3O[C@H](CO[SiH](C(C)C)C(C)C)[C@H](O[Si](OC)(C(C)C)C(C)C)C3(F)F)c(=O)n2)cc(OC)c1OC. The first-order valence-corrected chi connectivity index (χ1v) is 19.8. The van der Waals surface area contributed by atoms with Crippen LogP contribution in [0.2, 0.25) is 22.2 Å². The van der Waals surface area contributed by atoms with Crippen LogP contribution in [0, 0.1) is 0 Å². The molecule has 0 radical (unpaired) electrons. The van der Waals surface area contributed by atoms with Crippen LogP contribution < -0.4 is 25.2 Å². The number of amides is 1. The maximum Gasteiger partial charge on any atom is 0.351 e. The third-order valence-electron chi connectivity index (χ3n) is 8.61. The lowest BCUT2D eigenvalue weighted by molar-refractivity contribution is -0.141. The zero-order chi connectivity index (χ0) is 36.1. The molecular weight excluding hydrogens is 665 g/mol. The van der Waals surface area contributed by atoms with E-state index in [4.69, 9.17) is 32.2 Å². The Balaban J connectivity index is 1.97. The minimum Gasteiger partial charge on any atom is -0.493 e. The number of rotatable bonds is 16. The van der Waals surface area contributed by atoms with Gasteiger partial charge in [-0.2, -0.15) is 13.8 Å². The normalized spacial score (nSPS) is 19.5. The fourth-order valence-electron chi connectivity index (χ4n) is 6.33. The van der Waals surface area contributed by atoms with E-state index in [1.165, 1.54) is 46.6 Å². The van der Waals surface area contributed by atoms with E-state index in [-0.39, 0.29) is 51.7 Å². The number of methoxy groups -OCH3 is 3. The lowest BCUT2D eigenvalue weighted by Gasteiger charge is -2.40. The van der Waals surface area contributed by atoms with Crippen molar-refractivity contribution in [3.63, 3.8) is 0 Å². The molecule has 1 aromatic carbocycles. The van der Waals surface area contributed by atoms with Crippen LogP contribution in [0.5, 0.6) is 17.2 Å². The number of alkyl halides is 2. The standard InChI is InChI=1S/C32H51F2N3O9Si2/c1-18(2)47(19(3)4)44-17-25-28(46-48(43-12,20(5)6)21(7)8)32(33,34)30(45-25)37-14-13-26(36-31(37)39)35-29(38)22-15-23(40-9)27(42-11)24(16-22)41-10/h13-16,18-21,25,28,30,47H,17H2,1-12H3,(H,35,36,38,39)/t25-,28+,30-/m1/s1. The van der Waals surface area contributed by atoms with Crippen LogP contribution in [-0.2, 0) is 18.0 Å². The van der Waals surface area contributed by atoms with Gasteiger partial charge in [0.15, 0.2) is 20.5 Å². The Morgan fingerprint density at radius 1 is 1.00 bits per heavy atom. The Morgan fingerprint density at radius 3 is 2.00 bits per heavy atom. The maximum absolute atomic E-state index is 16.5. The molecule has 1 N–H and O–H groups in total. The molecule has 1 aliphatic rings. The number of aromatic nitrogens is 2. The second kappa shape index (κ2) is 16.2. The summed E-state index contributed by atoms with van der Waals surface area (Å²) in [4.78, 5) is 30.3. The molecule has 16 heteroatoms. The highest BCUT2D eigenvalue weighted by Crippen LogP contribution is 2.48. The van der Waals surface area contributed by atoms with E-state index >= 15 is 8.78 Å². The molecule has 1 amide bonds. The summed E-state index contributed by atoms with van der Waals surface area (Å²) in [7, 11) is 0.695. The predicted molar refractivity (Wildman–Crippen MR) is 183 cm³/mol. The Labute approximate surface area is 284 Å². The van der Waals surface area contributed by atoms with Gasteiger partial charge in [-0.15, -0.1) is 0 Å². The summed E-state index contributed by atoms with van der Waals surface area (Å²) < 4.78 is 74.3. The first-order valence-electron chi connectivity index (χ1n) is 16.1. The average Bonchev–Trinajstić information content (AvgIpc) is 3.26. The number of nitrogens with zero attached hydrogens (tertiary/aromatic N) is 2. The van der Waals surface area contributed by atoms with Gasteiger partial charge < -0.3 is 37.5 Å². The van der Waals surface area contributed by atoms with Gasteiger partial charge in [0.1, 0.15) is 18.0 Å². The van der Waals surface area contributed by atoms with Crippen molar-refractivity contribution in [1.29, 1.82) is 0 Å². The van der Waals surface area contributed by atoms with Crippen LogP contribution in [0.25, 0.3) is 0 Å². The second-order valence-electron chi connectivity index (χ2n) is 13.1. The minimum absolute atomic E-state index is 0.120. The highest BCUT2D eigenvalue weighted by molar-refractivity contribution is 6.70. The van der Waals surface area contributed by atoms with E-state index in [1.54, 1.807) is 0 Å². The number of nitrogens with one attached hydrogen (secondary N) is 1.